The first-order chi connectivity index (χ1) is 3.18. The van der Waals surface area contributed by atoms with Crippen molar-refractivity contribution in [2.75, 3.05) is 14.1 Å². The van der Waals surface area contributed by atoms with Gasteiger partial charge in [-0.25, -0.2) is 0 Å². The van der Waals surface area contributed by atoms with E-state index in [1.807, 2.05) is 19.0 Å². The summed E-state index contributed by atoms with van der Waals surface area (Å²) in [4.78, 5) is 2.00. The van der Waals surface area contributed by atoms with Crippen LogP contribution in [0.1, 0.15) is 13.3 Å². The minimum absolute atomic E-state index is 0. The fraction of sp³-hybridized carbons (Fsp3) is 1.00. The van der Waals surface area contributed by atoms with Gasteiger partial charge in [0.15, 0.2) is 0 Å². The molecule has 0 aromatic carbocycles. The lowest BCUT2D eigenvalue weighted by Gasteiger charge is -2.16. The summed E-state index contributed by atoms with van der Waals surface area (Å²) < 4.78 is 0. The predicted octanol–water partition coefficient (Wildman–Crippen LogP) is -0.582. The van der Waals surface area contributed by atoms with Crippen LogP contribution in [0.3, 0.4) is 0 Å². The minimum atomic E-state index is 0. The Morgan fingerprint density at radius 2 is 1.88 bits per heavy atom. The Kier molecular flexibility index (Phi) is 6.78. The van der Waals surface area contributed by atoms with Gasteiger partial charge in [-0.1, -0.05) is 6.92 Å². The van der Waals surface area contributed by atoms with E-state index in [0.717, 1.165) is 6.42 Å². The van der Waals surface area contributed by atoms with Gasteiger partial charge < -0.3 is 11.2 Å². The zero-order valence-corrected chi connectivity index (χ0v) is 5.81. The van der Waals surface area contributed by atoms with Crippen molar-refractivity contribution in [1.29, 1.82) is 0 Å². The second-order valence-electron chi connectivity index (χ2n) is 1.94. The molecule has 0 aromatic rings. The fourth-order valence-corrected chi connectivity index (χ4v) is 0.365. The molecular formula is C5H16N2O. The molecule has 52 valence electrons. The maximum Gasteiger partial charge on any atom is 0.0563 e. The largest absolute Gasteiger partial charge is 0.412 e. The Bertz CT molecular complexity index is 47.7. The Morgan fingerprint density at radius 3 is 1.88 bits per heavy atom. The van der Waals surface area contributed by atoms with Crippen LogP contribution in [0.5, 0.6) is 0 Å². The van der Waals surface area contributed by atoms with Gasteiger partial charge in [0.2, 0.25) is 0 Å². The summed E-state index contributed by atoms with van der Waals surface area (Å²) in [5.41, 5.74) is 5.54. The van der Waals surface area contributed by atoms with Gasteiger partial charge in [0.25, 0.3) is 0 Å². The van der Waals surface area contributed by atoms with Crippen LogP contribution in [0.15, 0.2) is 0 Å². The maximum absolute atomic E-state index is 5.54. The van der Waals surface area contributed by atoms with Crippen LogP contribution in [0.4, 0.5) is 0 Å². The highest BCUT2D eigenvalue weighted by atomic mass is 16.0. The van der Waals surface area contributed by atoms with E-state index in [9.17, 15) is 0 Å². The molecule has 0 saturated heterocycles. The predicted molar refractivity (Wildman–Crippen MR) is 35.6 cm³/mol. The number of hydrogen-bond donors (Lipinski definition) is 1. The van der Waals surface area contributed by atoms with Gasteiger partial charge in [0.1, 0.15) is 0 Å². The summed E-state index contributed by atoms with van der Waals surface area (Å²) in [5.74, 6) is 0. The molecule has 0 aliphatic heterocycles. The van der Waals surface area contributed by atoms with Crippen molar-refractivity contribution in [3.63, 3.8) is 0 Å². The lowest BCUT2D eigenvalue weighted by atomic mass is 10.4. The molecule has 1 unspecified atom stereocenters. The molecule has 0 bridgehead atoms. The topological polar surface area (TPSA) is 60.8 Å². The summed E-state index contributed by atoms with van der Waals surface area (Å²) >= 11 is 0. The van der Waals surface area contributed by atoms with Gasteiger partial charge in [-0.05, 0) is 20.5 Å². The summed E-state index contributed by atoms with van der Waals surface area (Å²) in [6, 6.07) is 0. The third-order valence-corrected chi connectivity index (χ3v) is 1.08. The Morgan fingerprint density at radius 1 is 1.50 bits per heavy atom. The standard InChI is InChI=1S/C5H14N2.H2O/c1-4-5(6)7(2)3;/h5H,4,6H2,1-3H3;1H2. The van der Waals surface area contributed by atoms with E-state index in [1.54, 1.807) is 0 Å². The van der Waals surface area contributed by atoms with Gasteiger partial charge in [-0.2, -0.15) is 0 Å². The molecule has 1 atom stereocenters. The van der Waals surface area contributed by atoms with E-state index in [-0.39, 0.29) is 11.6 Å². The van der Waals surface area contributed by atoms with E-state index in [1.165, 1.54) is 0 Å². The highest BCUT2D eigenvalue weighted by Gasteiger charge is 1.97. The molecule has 3 heteroatoms. The van der Waals surface area contributed by atoms with Crippen molar-refractivity contribution in [2.24, 2.45) is 5.73 Å². The van der Waals surface area contributed by atoms with Crippen LogP contribution >= 0.6 is 0 Å². The number of nitrogens with two attached hydrogens (primary N) is 1. The molecular weight excluding hydrogens is 104 g/mol. The van der Waals surface area contributed by atoms with Gasteiger partial charge in [-0.3, -0.25) is 4.90 Å². The minimum Gasteiger partial charge on any atom is -0.412 e. The third-order valence-electron chi connectivity index (χ3n) is 1.08. The average molecular weight is 120 g/mol. The molecule has 0 heterocycles. The molecule has 0 amide bonds. The smallest absolute Gasteiger partial charge is 0.0563 e. The van der Waals surface area contributed by atoms with E-state index < -0.39 is 0 Å². The van der Waals surface area contributed by atoms with Crippen LogP contribution in [-0.2, 0) is 0 Å². The quantitative estimate of drug-likeness (QED) is 0.495. The fourth-order valence-electron chi connectivity index (χ4n) is 0.365. The van der Waals surface area contributed by atoms with E-state index in [0.29, 0.717) is 0 Å². The monoisotopic (exact) mass is 120 g/mol. The molecule has 4 N–H and O–H groups in total. The SMILES string of the molecule is CCC(N)N(C)C.O. The molecule has 0 aliphatic rings. The summed E-state index contributed by atoms with van der Waals surface area (Å²) in [6.07, 6.45) is 1.26. The molecule has 0 rings (SSSR count). The number of hydrogen-bond acceptors (Lipinski definition) is 2. The molecule has 0 radical (unpaired) electrons. The Hall–Kier alpha value is -0.120. The van der Waals surface area contributed by atoms with Gasteiger partial charge in [0.05, 0.1) is 6.17 Å². The highest BCUT2D eigenvalue weighted by molar-refractivity contribution is 4.51. The van der Waals surface area contributed by atoms with Crippen molar-refractivity contribution in [3.8, 4) is 0 Å². The van der Waals surface area contributed by atoms with Crippen LogP contribution in [0, 0.1) is 0 Å². The molecule has 3 nitrogen and oxygen atoms in total. The summed E-state index contributed by atoms with van der Waals surface area (Å²) in [6.45, 7) is 2.07. The highest BCUT2D eigenvalue weighted by Crippen LogP contribution is 1.86. The maximum atomic E-state index is 5.54. The second kappa shape index (κ2) is 5.03. The summed E-state index contributed by atoms with van der Waals surface area (Å²) in [7, 11) is 3.96. The van der Waals surface area contributed by atoms with Crippen LogP contribution in [0.25, 0.3) is 0 Å². The lowest BCUT2D eigenvalue weighted by molar-refractivity contribution is 0.293. The van der Waals surface area contributed by atoms with Crippen molar-refractivity contribution in [1.82, 2.24) is 4.90 Å². The first-order valence-corrected chi connectivity index (χ1v) is 2.60. The van der Waals surface area contributed by atoms with Crippen molar-refractivity contribution >= 4 is 0 Å². The van der Waals surface area contributed by atoms with E-state index in [2.05, 4.69) is 6.92 Å². The normalized spacial score (nSPS) is 13.1. The van der Waals surface area contributed by atoms with Crippen LogP contribution in [-0.4, -0.2) is 30.6 Å². The Labute approximate surface area is 50.8 Å². The van der Waals surface area contributed by atoms with E-state index in [4.69, 9.17) is 5.73 Å². The van der Waals surface area contributed by atoms with E-state index >= 15 is 0 Å². The van der Waals surface area contributed by atoms with Gasteiger partial charge in [0, 0.05) is 0 Å². The van der Waals surface area contributed by atoms with Gasteiger partial charge >= 0.3 is 0 Å². The first-order valence-electron chi connectivity index (χ1n) is 2.60. The molecule has 0 saturated carbocycles. The number of nitrogens with zero attached hydrogens (tertiary/aromatic N) is 1. The first kappa shape index (κ1) is 10.8. The second-order valence-corrected chi connectivity index (χ2v) is 1.94. The van der Waals surface area contributed by atoms with Crippen molar-refractivity contribution in [2.45, 2.75) is 19.5 Å². The van der Waals surface area contributed by atoms with Crippen LogP contribution in [0.2, 0.25) is 0 Å². The van der Waals surface area contributed by atoms with Crippen molar-refractivity contribution in [3.05, 3.63) is 0 Å². The lowest BCUT2D eigenvalue weighted by Crippen LogP contribution is -2.35. The van der Waals surface area contributed by atoms with Crippen molar-refractivity contribution < 1.29 is 5.48 Å². The zero-order chi connectivity index (χ0) is 5.86. The summed E-state index contributed by atoms with van der Waals surface area (Å²) in [5, 5.41) is 0. The zero-order valence-electron chi connectivity index (χ0n) is 5.81. The van der Waals surface area contributed by atoms with Gasteiger partial charge in [-0.15, -0.1) is 0 Å². The average Bonchev–Trinajstić information content (AvgIpc) is 1.65. The molecule has 8 heavy (non-hydrogen) atoms. The number of rotatable bonds is 2. The molecule has 0 fully saturated rings. The molecule has 0 aliphatic carbocycles. The molecule has 0 spiro atoms. The third kappa shape index (κ3) is 4.05. The molecule has 0 aromatic heterocycles. The Balaban J connectivity index is 0. The van der Waals surface area contributed by atoms with Crippen LogP contribution < -0.4 is 5.73 Å².